The lowest BCUT2D eigenvalue weighted by Gasteiger charge is -2.34. The highest BCUT2D eigenvalue weighted by atomic mass is 15.2. The zero-order valence-electron chi connectivity index (χ0n) is 22.3. The Hall–Kier alpha value is -0.0800. The first-order valence-corrected chi connectivity index (χ1v) is 14.2. The minimum absolute atomic E-state index is 0.469. The van der Waals surface area contributed by atoms with Crippen LogP contribution in [-0.4, -0.2) is 38.3 Å². The second kappa shape index (κ2) is 20.8. The summed E-state index contributed by atoms with van der Waals surface area (Å²) in [6, 6.07) is 0. The van der Waals surface area contributed by atoms with Gasteiger partial charge < -0.3 is 9.80 Å². The van der Waals surface area contributed by atoms with Crippen molar-refractivity contribution in [2.45, 2.75) is 150 Å². The maximum Gasteiger partial charge on any atom is 0.0919 e. The average molecular weight is 427 g/mol. The van der Waals surface area contributed by atoms with Gasteiger partial charge >= 0.3 is 0 Å². The van der Waals surface area contributed by atoms with Crippen LogP contribution in [0, 0.1) is 0 Å². The van der Waals surface area contributed by atoms with E-state index >= 15 is 0 Å². The lowest BCUT2D eigenvalue weighted by Crippen LogP contribution is -3.19. The van der Waals surface area contributed by atoms with Crippen molar-refractivity contribution in [3.8, 4) is 0 Å². The summed E-state index contributed by atoms with van der Waals surface area (Å²) < 4.78 is 0. The van der Waals surface area contributed by atoms with Gasteiger partial charge in [-0.2, -0.15) is 0 Å². The summed E-state index contributed by atoms with van der Waals surface area (Å²) in [5.74, 6) is 0. The van der Waals surface area contributed by atoms with Crippen LogP contribution in [0.15, 0.2) is 0 Å². The summed E-state index contributed by atoms with van der Waals surface area (Å²) in [5, 5.41) is 0. The van der Waals surface area contributed by atoms with E-state index in [2.05, 4.69) is 41.5 Å². The molecule has 182 valence electrons. The first-order valence-electron chi connectivity index (χ1n) is 14.2. The molecule has 0 aliphatic carbocycles. The van der Waals surface area contributed by atoms with Crippen LogP contribution < -0.4 is 9.80 Å². The third-order valence-corrected chi connectivity index (χ3v) is 7.37. The fourth-order valence-electron chi connectivity index (χ4n) is 5.19. The molecule has 0 aliphatic rings. The summed E-state index contributed by atoms with van der Waals surface area (Å²) in [6.07, 6.45) is 23.0. The molecule has 2 atom stereocenters. The Bertz CT molecular complexity index is 340. The standard InChI is InChI=1S/C28H60N2/c1-7-25-29(9-3)27-23-21-19-17-15-13-11-12-14-16-18-20-22-24-28(5,6)30(10-4)26-8-2/h7-27H2,1-6H3/p+2. The Morgan fingerprint density at radius 2 is 0.900 bits per heavy atom. The van der Waals surface area contributed by atoms with E-state index in [0.29, 0.717) is 5.54 Å². The first-order chi connectivity index (χ1) is 14.5. The molecule has 0 aromatic heterocycles. The summed E-state index contributed by atoms with van der Waals surface area (Å²) in [6.45, 7) is 21.0. The maximum atomic E-state index is 2.48. The minimum atomic E-state index is 0.469. The van der Waals surface area contributed by atoms with Crippen molar-refractivity contribution in [2.75, 3.05) is 32.7 Å². The molecular weight excluding hydrogens is 364 g/mol. The second-order valence-electron chi connectivity index (χ2n) is 10.5. The van der Waals surface area contributed by atoms with Crippen molar-refractivity contribution < 1.29 is 9.80 Å². The molecular formula is C28H62N2+2. The molecule has 2 heteroatoms. The quantitative estimate of drug-likeness (QED) is 0.189. The van der Waals surface area contributed by atoms with Crippen molar-refractivity contribution in [1.29, 1.82) is 0 Å². The molecule has 0 aliphatic heterocycles. The van der Waals surface area contributed by atoms with Crippen molar-refractivity contribution in [3.63, 3.8) is 0 Å². The van der Waals surface area contributed by atoms with Gasteiger partial charge in [0.15, 0.2) is 0 Å². The monoisotopic (exact) mass is 426 g/mol. The molecule has 2 N–H and O–H groups in total. The third-order valence-electron chi connectivity index (χ3n) is 7.37. The van der Waals surface area contributed by atoms with Gasteiger partial charge in [-0.1, -0.05) is 78.1 Å². The van der Waals surface area contributed by atoms with Crippen LogP contribution >= 0.6 is 0 Å². The smallest absolute Gasteiger partial charge is 0.0919 e. The normalized spacial score (nSPS) is 14.2. The summed E-state index contributed by atoms with van der Waals surface area (Å²) in [7, 11) is 0. The van der Waals surface area contributed by atoms with E-state index in [0.717, 1.165) is 0 Å². The Balaban J connectivity index is 3.39. The number of unbranched alkanes of at least 4 members (excludes halogenated alkanes) is 12. The van der Waals surface area contributed by atoms with Crippen molar-refractivity contribution in [3.05, 3.63) is 0 Å². The van der Waals surface area contributed by atoms with Gasteiger partial charge in [-0.05, 0) is 59.8 Å². The van der Waals surface area contributed by atoms with E-state index in [1.807, 2.05) is 4.90 Å². The fraction of sp³-hybridized carbons (Fsp3) is 1.00. The van der Waals surface area contributed by atoms with Gasteiger partial charge in [0, 0.05) is 6.42 Å². The summed E-state index contributed by atoms with van der Waals surface area (Å²) >= 11 is 0. The number of quaternary nitrogens is 2. The van der Waals surface area contributed by atoms with Crippen molar-refractivity contribution in [2.24, 2.45) is 0 Å². The largest absolute Gasteiger partial charge is 0.335 e. The molecule has 0 bridgehead atoms. The predicted octanol–water partition coefficient (Wildman–Crippen LogP) is 5.86. The zero-order valence-corrected chi connectivity index (χ0v) is 22.3. The van der Waals surface area contributed by atoms with Crippen LogP contribution in [0.3, 0.4) is 0 Å². The topological polar surface area (TPSA) is 8.88 Å². The van der Waals surface area contributed by atoms with Crippen LogP contribution in [-0.2, 0) is 0 Å². The maximum absolute atomic E-state index is 2.48. The van der Waals surface area contributed by atoms with E-state index in [4.69, 9.17) is 0 Å². The Morgan fingerprint density at radius 3 is 1.30 bits per heavy atom. The molecule has 0 spiro atoms. The zero-order chi connectivity index (χ0) is 22.5. The molecule has 0 amide bonds. The molecule has 2 nitrogen and oxygen atoms in total. The number of rotatable bonds is 23. The Labute approximate surface area is 192 Å². The Morgan fingerprint density at radius 1 is 0.467 bits per heavy atom. The Kier molecular flexibility index (Phi) is 20.7. The highest BCUT2D eigenvalue weighted by Crippen LogP contribution is 2.15. The predicted molar refractivity (Wildman–Crippen MR) is 137 cm³/mol. The number of nitrogens with one attached hydrogen (secondary N) is 2. The molecule has 0 rings (SSSR count). The molecule has 0 saturated heterocycles. The molecule has 2 unspecified atom stereocenters. The highest BCUT2D eigenvalue weighted by molar-refractivity contribution is 4.66. The van der Waals surface area contributed by atoms with E-state index < -0.39 is 0 Å². The molecule has 0 aromatic carbocycles. The van der Waals surface area contributed by atoms with Gasteiger partial charge in [0.05, 0.1) is 38.3 Å². The van der Waals surface area contributed by atoms with E-state index in [9.17, 15) is 0 Å². The van der Waals surface area contributed by atoms with Gasteiger partial charge in [0.2, 0.25) is 0 Å². The van der Waals surface area contributed by atoms with E-state index in [1.54, 1.807) is 4.90 Å². The van der Waals surface area contributed by atoms with Gasteiger partial charge in [0.25, 0.3) is 0 Å². The van der Waals surface area contributed by atoms with Crippen LogP contribution in [0.5, 0.6) is 0 Å². The van der Waals surface area contributed by atoms with Gasteiger partial charge in [-0.15, -0.1) is 0 Å². The molecule has 30 heavy (non-hydrogen) atoms. The van der Waals surface area contributed by atoms with Gasteiger partial charge in [-0.3, -0.25) is 0 Å². The van der Waals surface area contributed by atoms with Gasteiger partial charge in [-0.25, -0.2) is 0 Å². The first kappa shape index (κ1) is 29.9. The second-order valence-corrected chi connectivity index (χ2v) is 10.5. The molecule has 0 radical (unpaired) electrons. The third kappa shape index (κ3) is 16.6. The van der Waals surface area contributed by atoms with E-state index in [-0.39, 0.29) is 0 Å². The highest BCUT2D eigenvalue weighted by Gasteiger charge is 2.27. The van der Waals surface area contributed by atoms with Crippen LogP contribution in [0.2, 0.25) is 0 Å². The van der Waals surface area contributed by atoms with Crippen molar-refractivity contribution in [1.82, 2.24) is 0 Å². The molecule has 0 aromatic rings. The van der Waals surface area contributed by atoms with Crippen LogP contribution in [0.1, 0.15) is 144 Å². The molecule has 0 saturated carbocycles. The lowest BCUT2D eigenvalue weighted by molar-refractivity contribution is -0.947. The van der Waals surface area contributed by atoms with E-state index in [1.165, 1.54) is 135 Å². The number of hydrogen-bond acceptors (Lipinski definition) is 0. The van der Waals surface area contributed by atoms with Crippen LogP contribution in [0.4, 0.5) is 0 Å². The summed E-state index contributed by atoms with van der Waals surface area (Å²) in [4.78, 5) is 3.60. The fourth-order valence-corrected chi connectivity index (χ4v) is 5.19. The molecule has 0 fully saturated rings. The molecule has 0 heterocycles. The SMILES string of the molecule is CCC[NH+](CC)CCCCCCCCCCCCCCCC(C)(C)[NH+](CC)CCC. The lowest BCUT2D eigenvalue weighted by atomic mass is 9.93. The minimum Gasteiger partial charge on any atom is -0.335 e. The average Bonchev–Trinajstić information content (AvgIpc) is 2.73. The van der Waals surface area contributed by atoms with Crippen molar-refractivity contribution >= 4 is 0 Å². The van der Waals surface area contributed by atoms with Crippen LogP contribution in [0.25, 0.3) is 0 Å². The summed E-state index contributed by atoms with van der Waals surface area (Å²) in [5.41, 5.74) is 0.469. The number of hydrogen-bond donors (Lipinski definition) is 2. The van der Waals surface area contributed by atoms with Gasteiger partial charge in [0.1, 0.15) is 0 Å².